The monoisotopic (exact) mass is 197 g/mol. The predicted octanol–water partition coefficient (Wildman–Crippen LogP) is 2.24. The van der Waals surface area contributed by atoms with E-state index in [1.807, 2.05) is 0 Å². The van der Waals surface area contributed by atoms with Gasteiger partial charge in [0, 0.05) is 6.42 Å². The summed E-state index contributed by atoms with van der Waals surface area (Å²) >= 11 is 1.45. The average molecular weight is 197 g/mol. The molecule has 1 saturated carbocycles. The van der Waals surface area contributed by atoms with E-state index in [1.165, 1.54) is 43.6 Å². The summed E-state index contributed by atoms with van der Waals surface area (Å²) in [4.78, 5) is 4.16. The Morgan fingerprint density at radius 2 is 2.15 bits per heavy atom. The Morgan fingerprint density at radius 1 is 1.38 bits per heavy atom. The van der Waals surface area contributed by atoms with E-state index in [2.05, 4.69) is 9.36 Å². The van der Waals surface area contributed by atoms with E-state index >= 15 is 0 Å². The second-order valence-electron chi connectivity index (χ2n) is 3.74. The summed E-state index contributed by atoms with van der Waals surface area (Å²) < 4.78 is 3.97. The third-order valence-electron chi connectivity index (χ3n) is 2.72. The normalized spacial score (nSPS) is 18.2. The van der Waals surface area contributed by atoms with Crippen molar-refractivity contribution >= 4 is 17.5 Å². The summed E-state index contributed by atoms with van der Waals surface area (Å²) in [6.45, 7) is 0. The molecule has 1 aromatic heterocycles. The van der Waals surface area contributed by atoms with Gasteiger partial charge in [0.15, 0.2) is 0 Å². The summed E-state index contributed by atoms with van der Waals surface area (Å²) in [6.07, 6.45) is 8.00. The van der Waals surface area contributed by atoms with Crippen molar-refractivity contribution in [1.29, 1.82) is 0 Å². The fraction of sp³-hybridized carbons (Fsp3) is 0.778. The summed E-state index contributed by atoms with van der Waals surface area (Å²) in [7, 11) is 0. The van der Waals surface area contributed by atoms with Crippen LogP contribution in [0.25, 0.3) is 0 Å². The zero-order chi connectivity index (χ0) is 9.10. The molecule has 2 N–H and O–H groups in total. The molecule has 4 heteroatoms. The molecule has 0 spiro atoms. The average Bonchev–Trinajstić information content (AvgIpc) is 2.71. The van der Waals surface area contributed by atoms with Crippen molar-refractivity contribution in [2.24, 2.45) is 5.92 Å². The minimum atomic E-state index is 0.437. The molecule has 0 saturated heterocycles. The summed E-state index contributed by atoms with van der Waals surface area (Å²) in [5, 5.41) is 1.10. The number of hydrogen-bond acceptors (Lipinski definition) is 4. The van der Waals surface area contributed by atoms with Gasteiger partial charge in [0.2, 0.25) is 5.95 Å². The molecule has 0 bridgehead atoms. The fourth-order valence-corrected chi connectivity index (χ4v) is 2.58. The highest BCUT2D eigenvalue weighted by Gasteiger charge is 2.15. The molecule has 13 heavy (non-hydrogen) atoms. The number of nitrogen functional groups attached to an aromatic ring is 1. The third-order valence-corrected chi connectivity index (χ3v) is 3.51. The van der Waals surface area contributed by atoms with Crippen molar-refractivity contribution in [1.82, 2.24) is 9.36 Å². The molecule has 72 valence electrons. The van der Waals surface area contributed by atoms with Crippen LogP contribution in [0, 0.1) is 5.92 Å². The lowest BCUT2D eigenvalue weighted by atomic mass is 10.0. The van der Waals surface area contributed by atoms with Gasteiger partial charge in [-0.2, -0.15) is 4.37 Å². The second kappa shape index (κ2) is 4.05. The van der Waals surface area contributed by atoms with Gasteiger partial charge in [0.1, 0.15) is 5.01 Å². The lowest BCUT2D eigenvalue weighted by molar-refractivity contribution is 0.503. The van der Waals surface area contributed by atoms with Crippen LogP contribution < -0.4 is 5.73 Å². The molecule has 1 aliphatic carbocycles. The number of nitrogens with zero attached hydrogens (tertiary/aromatic N) is 2. The van der Waals surface area contributed by atoms with Crippen molar-refractivity contribution in [3.63, 3.8) is 0 Å². The van der Waals surface area contributed by atoms with E-state index in [0.717, 1.165) is 17.3 Å². The minimum Gasteiger partial charge on any atom is -0.367 e. The first-order chi connectivity index (χ1) is 6.34. The SMILES string of the molecule is Nc1nsc(CCC2CCCC2)n1. The first-order valence-electron chi connectivity index (χ1n) is 4.92. The number of nitrogens with two attached hydrogens (primary N) is 1. The van der Waals surface area contributed by atoms with Crippen LogP contribution in [0.1, 0.15) is 37.1 Å². The Hall–Kier alpha value is -0.640. The first-order valence-corrected chi connectivity index (χ1v) is 5.70. The van der Waals surface area contributed by atoms with Crippen LogP contribution in [0.15, 0.2) is 0 Å². The van der Waals surface area contributed by atoms with Crippen LogP contribution in [0.4, 0.5) is 5.95 Å². The van der Waals surface area contributed by atoms with Gasteiger partial charge < -0.3 is 5.73 Å². The lowest BCUT2D eigenvalue weighted by Crippen LogP contribution is -1.96. The molecule has 0 atom stereocenters. The van der Waals surface area contributed by atoms with Gasteiger partial charge in [0.05, 0.1) is 0 Å². The number of rotatable bonds is 3. The molecular formula is C9H15N3S. The van der Waals surface area contributed by atoms with Gasteiger partial charge in [-0.15, -0.1) is 0 Å². The van der Waals surface area contributed by atoms with Crippen LogP contribution in [0.3, 0.4) is 0 Å². The predicted molar refractivity (Wildman–Crippen MR) is 54.6 cm³/mol. The van der Waals surface area contributed by atoms with Gasteiger partial charge in [0.25, 0.3) is 0 Å². The van der Waals surface area contributed by atoms with Gasteiger partial charge in [-0.25, -0.2) is 4.98 Å². The van der Waals surface area contributed by atoms with Crippen molar-refractivity contribution in [2.75, 3.05) is 5.73 Å². The maximum absolute atomic E-state index is 5.45. The molecule has 2 rings (SSSR count). The Labute approximate surface area is 82.5 Å². The second-order valence-corrected chi connectivity index (χ2v) is 4.57. The number of aryl methyl sites for hydroxylation is 1. The molecule has 1 heterocycles. The van der Waals surface area contributed by atoms with Gasteiger partial charge in [-0.05, 0) is 23.9 Å². The quantitative estimate of drug-likeness (QED) is 0.808. The molecule has 0 unspecified atom stereocenters. The topological polar surface area (TPSA) is 51.8 Å². The largest absolute Gasteiger partial charge is 0.367 e. The molecule has 1 fully saturated rings. The molecule has 0 aliphatic heterocycles. The lowest BCUT2D eigenvalue weighted by Gasteiger charge is -2.05. The third kappa shape index (κ3) is 2.40. The number of hydrogen-bond donors (Lipinski definition) is 1. The summed E-state index contributed by atoms with van der Waals surface area (Å²) in [5.41, 5.74) is 5.45. The van der Waals surface area contributed by atoms with Crippen molar-refractivity contribution in [2.45, 2.75) is 38.5 Å². The van der Waals surface area contributed by atoms with Gasteiger partial charge >= 0.3 is 0 Å². The van der Waals surface area contributed by atoms with Crippen LogP contribution in [-0.4, -0.2) is 9.36 Å². The van der Waals surface area contributed by atoms with E-state index in [9.17, 15) is 0 Å². The van der Waals surface area contributed by atoms with E-state index in [4.69, 9.17) is 5.73 Å². The van der Waals surface area contributed by atoms with Gasteiger partial charge in [-0.1, -0.05) is 25.7 Å². The van der Waals surface area contributed by atoms with E-state index in [-0.39, 0.29) is 0 Å². The van der Waals surface area contributed by atoms with Crippen molar-refractivity contribution in [3.8, 4) is 0 Å². The summed E-state index contributed by atoms with van der Waals surface area (Å²) in [6, 6.07) is 0. The van der Waals surface area contributed by atoms with Crippen LogP contribution in [-0.2, 0) is 6.42 Å². The van der Waals surface area contributed by atoms with E-state index in [0.29, 0.717) is 5.95 Å². The maximum atomic E-state index is 5.45. The zero-order valence-electron chi connectivity index (χ0n) is 7.70. The molecule has 0 radical (unpaired) electrons. The highest BCUT2D eigenvalue weighted by atomic mass is 32.1. The molecular weight excluding hydrogens is 182 g/mol. The highest BCUT2D eigenvalue weighted by molar-refractivity contribution is 7.05. The molecule has 0 amide bonds. The van der Waals surface area contributed by atoms with Crippen LogP contribution >= 0.6 is 11.5 Å². The first kappa shape index (κ1) is 8.94. The van der Waals surface area contributed by atoms with Crippen molar-refractivity contribution in [3.05, 3.63) is 5.01 Å². The smallest absolute Gasteiger partial charge is 0.232 e. The zero-order valence-corrected chi connectivity index (χ0v) is 8.52. The molecule has 1 aromatic rings. The van der Waals surface area contributed by atoms with E-state index < -0.39 is 0 Å². The number of aromatic nitrogens is 2. The summed E-state index contributed by atoms with van der Waals surface area (Å²) in [5.74, 6) is 1.37. The maximum Gasteiger partial charge on any atom is 0.232 e. The Balaban J connectivity index is 1.78. The minimum absolute atomic E-state index is 0.437. The Kier molecular flexibility index (Phi) is 2.78. The molecule has 1 aliphatic rings. The van der Waals surface area contributed by atoms with Crippen LogP contribution in [0.2, 0.25) is 0 Å². The Bertz CT molecular complexity index is 266. The fourth-order valence-electron chi connectivity index (χ4n) is 2.00. The molecule has 3 nitrogen and oxygen atoms in total. The highest BCUT2D eigenvalue weighted by Crippen LogP contribution is 2.28. The number of anilines is 1. The van der Waals surface area contributed by atoms with Crippen LogP contribution in [0.5, 0.6) is 0 Å². The Morgan fingerprint density at radius 3 is 2.77 bits per heavy atom. The standard InChI is InChI=1S/C9H15N3S/c10-9-11-8(13-12-9)6-5-7-3-1-2-4-7/h7H,1-6H2,(H2,10,12). The van der Waals surface area contributed by atoms with Gasteiger partial charge in [-0.3, -0.25) is 0 Å². The molecule has 0 aromatic carbocycles. The van der Waals surface area contributed by atoms with Crippen molar-refractivity contribution < 1.29 is 0 Å². The van der Waals surface area contributed by atoms with E-state index in [1.54, 1.807) is 0 Å².